The molecule has 1 amide bonds. The van der Waals surface area contributed by atoms with Crippen LogP contribution >= 0.6 is 11.3 Å². The van der Waals surface area contributed by atoms with Crippen molar-refractivity contribution in [2.45, 2.75) is 18.7 Å². The van der Waals surface area contributed by atoms with Crippen LogP contribution in [0.3, 0.4) is 0 Å². The smallest absolute Gasteiger partial charge is 0.275 e. The minimum absolute atomic E-state index is 0.215. The fraction of sp³-hybridized carbons (Fsp3) is 0.176. The molecule has 0 aliphatic rings. The number of aromatic nitrogens is 1. The van der Waals surface area contributed by atoms with Gasteiger partial charge in [-0.2, -0.15) is 0 Å². The van der Waals surface area contributed by atoms with Gasteiger partial charge in [-0.05, 0) is 49.7 Å². The minimum atomic E-state index is -3.28. The van der Waals surface area contributed by atoms with E-state index in [9.17, 15) is 13.2 Å². The van der Waals surface area contributed by atoms with Crippen LogP contribution in [0.4, 0.5) is 5.69 Å². The summed E-state index contributed by atoms with van der Waals surface area (Å²) in [6.45, 7) is 3.58. The molecule has 8 heteroatoms. The van der Waals surface area contributed by atoms with Gasteiger partial charge in [-0.1, -0.05) is 0 Å². The summed E-state index contributed by atoms with van der Waals surface area (Å²) in [4.78, 5) is 16.9. The van der Waals surface area contributed by atoms with E-state index in [-0.39, 0.29) is 16.5 Å². The maximum atomic E-state index is 12.4. The van der Waals surface area contributed by atoms with Crippen molar-refractivity contribution in [2.24, 2.45) is 0 Å². The predicted octanol–water partition coefficient (Wildman–Crippen LogP) is 3.68. The number of hydrogen-bond donors (Lipinski definition) is 1. The quantitative estimate of drug-likeness (QED) is 0.750. The number of nitrogens with zero attached hydrogens (tertiary/aromatic N) is 1. The van der Waals surface area contributed by atoms with Crippen LogP contribution < -0.4 is 5.32 Å². The van der Waals surface area contributed by atoms with Crippen LogP contribution in [0, 0.1) is 13.8 Å². The average molecular weight is 376 g/mol. The molecule has 0 fully saturated rings. The molecule has 0 bridgehead atoms. The molecule has 0 saturated carbocycles. The fourth-order valence-electron chi connectivity index (χ4n) is 2.23. The zero-order valence-corrected chi connectivity index (χ0v) is 15.5. The number of nitrogens with one attached hydrogen (secondary N) is 1. The standard InChI is InChI=1S/C17H16N2O4S2/c1-10-8-12(25(3,21)22)5-6-13(10)18-16(20)14-9-24-17(19-14)15-7-4-11(2)23-15/h4-9H,1-3H3,(H,18,20). The Hall–Kier alpha value is -2.45. The van der Waals surface area contributed by atoms with Gasteiger partial charge < -0.3 is 9.73 Å². The molecule has 3 aromatic rings. The average Bonchev–Trinajstić information content (AvgIpc) is 3.16. The normalized spacial score (nSPS) is 11.5. The second kappa shape index (κ2) is 6.45. The number of hydrogen-bond acceptors (Lipinski definition) is 6. The van der Waals surface area contributed by atoms with Gasteiger partial charge in [0.2, 0.25) is 0 Å². The molecule has 2 aromatic heterocycles. The zero-order chi connectivity index (χ0) is 18.2. The number of carbonyl (C=O) groups excluding carboxylic acids is 1. The molecule has 130 valence electrons. The summed E-state index contributed by atoms with van der Waals surface area (Å²) in [6.07, 6.45) is 1.15. The third kappa shape index (κ3) is 3.80. The van der Waals surface area contributed by atoms with Crippen molar-refractivity contribution >= 4 is 32.8 Å². The summed E-state index contributed by atoms with van der Waals surface area (Å²) < 4.78 is 28.7. The van der Waals surface area contributed by atoms with Gasteiger partial charge in [0.15, 0.2) is 20.6 Å². The van der Waals surface area contributed by atoms with E-state index in [1.165, 1.54) is 23.5 Å². The van der Waals surface area contributed by atoms with E-state index in [2.05, 4.69) is 10.3 Å². The van der Waals surface area contributed by atoms with E-state index in [1.54, 1.807) is 18.4 Å². The molecule has 2 heterocycles. The summed E-state index contributed by atoms with van der Waals surface area (Å²) in [5, 5.41) is 5.04. The Labute approximate surface area is 149 Å². The third-order valence-corrected chi connectivity index (χ3v) is 5.53. The molecule has 0 spiro atoms. The number of thiazole rings is 1. The molecule has 3 rings (SSSR count). The Kier molecular flexibility index (Phi) is 4.49. The van der Waals surface area contributed by atoms with Crippen molar-refractivity contribution in [1.82, 2.24) is 4.98 Å². The van der Waals surface area contributed by atoms with Gasteiger partial charge in [0.05, 0.1) is 4.90 Å². The Bertz CT molecular complexity index is 1050. The first-order chi connectivity index (χ1) is 11.7. The number of sulfone groups is 1. The number of benzene rings is 1. The molecule has 0 atom stereocenters. The lowest BCUT2D eigenvalue weighted by atomic mass is 10.2. The first-order valence-corrected chi connectivity index (χ1v) is 10.2. The molecule has 0 aliphatic heterocycles. The molecule has 25 heavy (non-hydrogen) atoms. The van der Waals surface area contributed by atoms with E-state index >= 15 is 0 Å². The summed E-state index contributed by atoms with van der Waals surface area (Å²) in [6, 6.07) is 8.22. The van der Waals surface area contributed by atoms with Gasteiger partial charge in [-0.25, -0.2) is 13.4 Å². The summed E-state index contributed by atoms with van der Waals surface area (Å²) in [5.41, 5.74) is 1.48. The van der Waals surface area contributed by atoms with Gasteiger partial charge in [0, 0.05) is 17.3 Å². The maximum Gasteiger partial charge on any atom is 0.275 e. The summed E-state index contributed by atoms with van der Waals surface area (Å²) in [7, 11) is -3.28. The molecule has 6 nitrogen and oxygen atoms in total. The van der Waals surface area contributed by atoms with E-state index in [4.69, 9.17) is 4.42 Å². The van der Waals surface area contributed by atoms with E-state index < -0.39 is 9.84 Å². The SMILES string of the molecule is Cc1ccc(-c2nc(C(=O)Nc3ccc(S(C)(=O)=O)cc3C)cs2)o1. The lowest BCUT2D eigenvalue weighted by Gasteiger charge is -2.08. The number of carbonyl (C=O) groups is 1. The highest BCUT2D eigenvalue weighted by atomic mass is 32.2. The van der Waals surface area contributed by atoms with Gasteiger partial charge >= 0.3 is 0 Å². The van der Waals surface area contributed by atoms with E-state index in [1.807, 2.05) is 19.1 Å². The third-order valence-electron chi connectivity index (χ3n) is 3.56. The van der Waals surface area contributed by atoms with Gasteiger partial charge in [0.1, 0.15) is 11.5 Å². The molecule has 0 radical (unpaired) electrons. The number of rotatable bonds is 4. The Morgan fingerprint density at radius 1 is 1.20 bits per heavy atom. The number of amides is 1. The van der Waals surface area contributed by atoms with Crippen molar-refractivity contribution in [3.8, 4) is 10.8 Å². The largest absolute Gasteiger partial charge is 0.459 e. The van der Waals surface area contributed by atoms with Crippen molar-refractivity contribution in [1.29, 1.82) is 0 Å². The summed E-state index contributed by atoms with van der Waals surface area (Å²) in [5.74, 6) is 1.04. The summed E-state index contributed by atoms with van der Waals surface area (Å²) >= 11 is 1.32. The second-order valence-electron chi connectivity index (χ2n) is 5.65. The van der Waals surface area contributed by atoms with Crippen molar-refractivity contribution in [3.63, 3.8) is 0 Å². The van der Waals surface area contributed by atoms with Crippen LogP contribution in [0.25, 0.3) is 10.8 Å². The Morgan fingerprint density at radius 2 is 1.96 bits per heavy atom. The molecule has 0 saturated heterocycles. The molecule has 0 unspecified atom stereocenters. The molecular weight excluding hydrogens is 360 g/mol. The number of furan rings is 1. The van der Waals surface area contributed by atoms with Crippen LogP contribution in [0.5, 0.6) is 0 Å². The highest BCUT2D eigenvalue weighted by Gasteiger charge is 2.16. The highest BCUT2D eigenvalue weighted by molar-refractivity contribution is 7.90. The minimum Gasteiger partial charge on any atom is -0.459 e. The number of anilines is 1. The van der Waals surface area contributed by atoms with Crippen LogP contribution in [0.2, 0.25) is 0 Å². The fourth-order valence-corrected chi connectivity index (χ4v) is 3.70. The molecular formula is C17H16N2O4S2. The lowest BCUT2D eigenvalue weighted by molar-refractivity contribution is 0.102. The number of aryl methyl sites for hydroxylation is 2. The Balaban J connectivity index is 1.80. The van der Waals surface area contributed by atoms with Gasteiger partial charge in [0.25, 0.3) is 5.91 Å². The highest BCUT2D eigenvalue weighted by Crippen LogP contribution is 2.26. The molecule has 1 aromatic carbocycles. The van der Waals surface area contributed by atoms with Crippen molar-refractivity contribution in [3.05, 3.63) is 52.7 Å². The zero-order valence-electron chi connectivity index (χ0n) is 13.9. The van der Waals surface area contributed by atoms with E-state index in [0.717, 1.165) is 12.0 Å². The first kappa shape index (κ1) is 17.4. The predicted molar refractivity (Wildman–Crippen MR) is 96.8 cm³/mol. The van der Waals surface area contributed by atoms with Crippen LogP contribution in [-0.2, 0) is 9.84 Å². The van der Waals surface area contributed by atoms with Crippen LogP contribution in [0.15, 0.2) is 45.0 Å². The molecule has 1 N–H and O–H groups in total. The van der Waals surface area contributed by atoms with Crippen molar-refractivity contribution < 1.29 is 17.6 Å². The lowest BCUT2D eigenvalue weighted by Crippen LogP contribution is -2.13. The van der Waals surface area contributed by atoms with Crippen molar-refractivity contribution in [2.75, 3.05) is 11.6 Å². The second-order valence-corrected chi connectivity index (χ2v) is 8.53. The van der Waals surface area contributed by atoms with E-state index in [0.29, 0.717) is 22.0 Å². The first-order valence-electron chi connectivity index (χ1n) is 7.38. The molecule has 0 aliphatic carbocycles. The monoisotopic (exact) mass is 376 g/mol. The Morgan fingerprint density at radius 3 is 2.56 bits per heavy atom. The van der Waals surface area contributed by atoms with Crippen LogP contribution in [-0.4, -0.2) is 25.6 Å². The van der Waals surface area contributed by atoms with Gasteiger partial charge in [-0.3, -0.25) is 4.79 Å². The van der Waals surface area contributed by atoms with Crippen LogP contribution in [0.1, 0.15) is 21.8 Å². The van der Waals surface area contributed by atoms with Gasteiger partial charge in [-0.15, -0.1) is 11.3 Å². The maximum absolute atomic E-state index is 12.4. The topological polar surface area (TPSA) is 89.3 Å².